The summed E-state index contributed by atoms with van der Waals surface area (Å²) in [5.74, 6) is 0.461. The number of aromatic hydroxyl groups is 1. The number of methoxy groups -OCH3 is 1. The molecule has 1 heterocycles. The Bertz CT molecular complexity index is 1040. The zero-order valence-electron chi connectivity index (χ0n) is 15.6. The maximum absolute atomic E-state index is 13.2. The summed E-state index contributed by atoms with van der Waals surface area (Å²) in [4.78, 5) is 19.1. The van der Waals surface area contributed by atoms with Crippen LogP contribution in [0.2, 0.25) is 0 Å². The van der Waals surface area contributed by atoms with Gasteiger partial charge in [-0.2, -0.15) is 0 Å². The van der Waals surface area contributed by atoms with Crippen molar-refractivity contribution in [3.63, 3.8) is 0 Å². The van der Waals surface area contributed by atoms with Crippen LogP contribution in [0.15, 0.2) is 53.5 Å². The Morgan fingerprint density at radius 2 is 1.89 bits per heavy atom. The topological polar surface area (TPSA) is 58.9 Å². The molecule has 0 radical (unpaired) electrons. The standard InChI is InChI=1S/C23H21NO3S/c1-27-18-12-7-10-16(21(18)25)14-24-23-20(17-11-5-6-13-19(17)28-23)22(26)15-8-3-2-4-9-15/h2-4,7-10,12,14,25H,5-6,11,13H2,1H3. The van der Waals surface area contributed by atoms with Crippen molar-refractivity contribution in [3.05, 3.63) is 75.7 Å². The second-order valence-corrected chi connectivity index (χ2v) is 7.83. The van der Waals surface area contributed by atoms with Gasteiger partial charge in [0.1, 0.15) is 5.00 Å². The van der Waals surface area contributed by atoms with Crippen LogP contribution in [0.25, 0.3) is 0 Å². The molecular weight excluding hydrogens is 370 g/mol. The van der Waals surface area contributed by atoms with Gasteiger partial charge in [-0.15, -0.1) is 11.3 Å². The van der Waals surface area contributed by atoms with E-state index in [4.69, 9.17) is 4.74 Å². The van der Waals surface area contributed by atoms with Gasteiger partial charge in [0, 0.05) is 22.2 Å². The number of carbonyl (C=O) groups excluding carboxylic acids is 1. The number of para-hydroxylation sites is 1. The molecule has 1 aliphatic carbocycles. The number of nitrogens with zero attached hydrogens (tertiary/aromatic N) is 1. The molecule has 1 aromatic heterocycles. The summed E-state index contributed by atoms with van der Waals surface area (Å²) >= 11 is 1.59. The molecule has 142 valence electrons. The van der Waals surface area contributed by atoms with Crippen molar-refractivity contribution in [3.8, 4) is 11.5 Å². The first-order valence-electron chi connectivity index (χ1n) is 9.33. The number of hydrogen-bond acceptors (Lipinski definition) is 5. The number of rotatable bonds is 5. The minimum Gasteiger partial charge on any atom is -0.504 e. The zero-order chi connectivity index (χ0) is 19.5. The van der Waals surface area contributed by atoms with Gasteiger partial charge >= 0.3 is 0 Å². The molecule has 0 spiro atoms. The largest absolute Gasteiger partial charge is 0.504 e. The third-order valence-corrected chi connectivity index (χ3v) is 6.19. The van der Waals surface area contributed by atoms with E-state index in [1.54, 1.807) is 35.8 Å². The number of hydrogen-bond donors (Lipinski definition) is 1. The third-order valence-electron chi connectivity index (χ3n) is 4.99. The van der Waals surface area contributed by atoms with E-state index in [1.807, 2.05) is 30.3 Å². The average Bonchev–Trinajstić information content (AvgIpc) is 3.11. The number of fused-ring (bicyclic) bond motifs is 1. The number of phenols is 1. The third kappa shape index (κ3) is 3.45. The lowest BCUT2D eigenvalue weighted by atomic mass is 9.92. The predicted octanol–water partition coefficient (Wildman–Crippen LogP) is 5.32. The summed E-state index contributed by atoms with van der Waals surface area (Å²) in [6.07, 6.45) is 5.76. The molecule has 1 aliphatic rings. The Morgan fingerprint density at radius 3 is 2.68 bits per heavy atom. The molecule has 1 N–H and O–H groups in total. The van der Waals surface area contributed by atoms with Crippen LogP contribution in [0, 0.1) is 0 Å². The van der Waals surface area contributed by atoms with Crippen LogP contribution in [0.3, 0.4) is 0 Å². The second kappa shape index (κ2) is 7.98. The molecule has 0 atom stereocenters. The fraction of sp³-hybridized carbons (Fsp3) is 0.217. The molecule has 0 unspecified atom stereocenters. The molecular formula is C23H21NO3S. The number of ketones is 1. The predicted molar refractivity (Wildman–Crippen MR) is 113 cm³/mol. The Kier molecular flexibility index (Phi) is 5.26. The Hall–Kier alpha value is -2.92. The van der Waals surface area contributed by atoms with Crippen LogP contribution >= 0.6 is 11.3 Å². The highest BCUT2D eigenvalue weighted by atomic mass is 32.1. The van der Waals surface area contributed by atoms with Gasteiger partial charge in [0.2, 0.25) is 0 Å². The minimum atomic E-state index is 0.0158. The van der Waals surface area contributed by atoms with Gasteiger partial charge in [-0.3, -0.25) is 4.79 Å². The second-order valence-electron chi connectivity index (χ2n) is 6.74. The van der Waals surface area contributed by atoms with Crippen molar-refractivity contribution in [2.45, 2.75) is 25.7 Å². The average molecular weight is 391 g/mol. The summed E-state index contributed by atoms with van der Waals surface area (Å²) in [5.41, 5.74) is 3.09. The molecule has 0 aliphatic heterocycles. The van der Waals surface area contributed by atoms with Crippen molar-refractivity contribution < 1.29 is 14.6 Å². The zero-order valence-corrected chi connectivity index (χ0v) is 16.5. The quantitative estimate of drug-likeness (QED) is 0.473. The van der Waals surface area contributed by atoms with Gasteiger partial charge in [0.25, 0.3) is 0 Å². The molecule has 5 heteroatoms. The summed E-state index contributed by atoms with van der Waals surface area (Å²) in [6, 6.07) is 14.6. The van der Waals surface area contributed by atoms with E-state index in [0.717, 1.165) is 31.2 Å². The van der Waals surface area contributed by atoms with Crippen LogP contribution in [-0.4, -0.2) is 24.2 Å². The maximum Gasteiger partial charge on any atom is 0.196 e. The van der Waals surface area contributed by atoms with Crippen LogP contribution in [0.5, 0.6) is 11.5 Å². The van der Waals surface area contributed by atoms with Gasteiger partial charge < -0.3 is 9.84 Å². The molecule has 0 bridgehead atoms. The number of carbonyl (C=O) groups is 1. The lowest BCUT2D eigenvalue weighted by molar-refractivity contribution is 0.103. The summed E-state index contributed by atoms with van der Waals surface area (Å²) in [6.45, 7) is 0. The molecule has 0 saturated heterocycles. The number of aryl methyl sites for hydroxylation is 1. The monoisotopic (exact) mass is 391 g/mol. The van der Waals surface area contributed by atoms with Crippen LogP contribution in [0.4, 0.5) is 5.00 Å². The molecule has 0 saturated carbocycles. The minimum absolute atomic E-state index is 0.0158. The number of thiophene rings is 1. The highest BCUT2D eigenvalue weighted by molar-refractivity contribution is 7.16. The van der Waals surface area contributed by atoms with Gasteiger partial charge in [0.05, 0.1) is 12.7 Å². The molecule has 0 amide bonds. The van der Waals surface area contributed by atoms with Crippen molar-refractivity contribution >= 4 is 28.3 Å². The fourth-order valence-electron chi connectivity index (χ4n) is 3.55. The number of ether oxygens (including phenoxy) is 1. The molecule has 3 aromatic rings. The number of aliphatic imine (C=N–C) groups is 1. The first-order valence-corrected chi connectivity index (χ1v) is 10.1. The molecule has 2 aromatic carbocycles. The smallest absolute Gasteiger partial charge is 0.196 e. The van der Waals surface area contributed by atoms with Gasteiger partial charge in [-0.1, -0.05) is 36.4 Å². The lowest BCUT2D eigenvalue weighted by Gasteiger charge is -2.12. The maximum atomic E-state index is 13.2. The Morgan fingerprint density at radius 1 is 1.11 bits per heavy atom. The summed E-state index contributed by atoms with van der Waals surface area (Å²) < 4.78 is 5.16. The highest BCUT2D eigenvalue weighted by Crippen LogP contribution is 2.41. The van der Waals surface area contributed by atoms with Crippen LogP contribution in [-0.2, 0) is 12.8 Å². The molecule has 28 heavy (non-hydrogen) atoms. The number of phenolic OH excluding ortho intramolecular Hbond substituents is 1. The summed E-state index contributed by atoms with van der Waals surface area (Å²) in [5, 5.41) is 11.0. The Labute approximate surface area is 168 Å². The highest BCUT2D eigenvalue weighted by Gasteiger charge is 2.25. The van der Waals surface area contributed by atoms with Gasteiger partial charge in [-0.25, -0.2) is 4.99 Å². The summed E-state index contributed by atoms with van der Waals surface area (Å²) in [7, 11) is 1.51. The normalized spacial score (nSPS) is 13.5. The first-order chi connectivity index (χ1) is 13.7. The van der Waals surface area contributed by atoms with E-state index >= 15 is 0 Å². The fourth-order valence-corrected chi connectivity index (χ4v) is 4.78. The van der Waals surface area contributed by atoms with E-state index in [-0.39, 0.29) is 11.5 Å². The van der Waals surface area contributed by atoms with Crippen molar-refractivity contribution in [2.24, 2.45) is 4.99 Å². The first kappa shape index (κ1) is 18.4. The molecule has 4 nitrogen and oxygen atoms in total. The molecule has 0 fully saturated rings. The van der Waals surface area contributed by atoms with Gasteiger partial charge in [0.15, 0.2) is 17.3 Å². The van der Waals surface area contributed by atoms with E-state index in [0.29, 0.717) is 27.4 Å². The van der Waals surface area contributed by atoms with Crippen molar-refractivity contribution in [1.29, 1.82) is 0 Å². The van der Waals surface area contributed by atoms with Crippen LogP contribution in [0.1, 0.15) is 44.8 Å². The lowest BCUT2D eigenvalue weighted by Crippen LogP contribution is -2.07. The number of benzene rings is 2. The van der Waals surface area contributed by atoms with Crippen LogP contribution < -0.4 is 4.74 Å². The van der Waals surface area contributed by atoms with E-state index in [1.165, 1.54) is 12.0 Å². The van der Waals surface area contributed by atoms with E-state index in [9.17, 15) is 9.90 Å². The van der Waals surface area contributed by atoms with Crippen molar-refractivity contribution in [2.75, 3.05) is 7.11 Å². The Balaban J connectivity index is 1.77. The SMILES string of the molecule is COc1cccc(C=Nc2sc3c(c2C(=O)c2ccccc2)CCCC3)c1O. The van der Waals surface area contributed by atoms with E-state index in [2.05, 4.69) is 4.99 Å². The van der Waals surface area contributed by atoms with Crippen molar-refractivity contribution in [1.82, 2.24) is 0 Å². The van der Waals surface area contributed by atoms with Gasteiger partial charge in [-0.05, 0) is 43.4 Å². The molecule has 4 rings (SSSR count). The van der Waals surface area contributed by atoms with E-state index < -0.39 is 0 Å².